The van der Waals surface area contributed by atoms with Crippen LogP contribution in [0.4, 0.5) is 0 Å². The van der Waals surface area contributed by atoms with Crippen LogP contribution in [0.5, 0.6) is 5.75 Å². The molecule has 0 unspecified atom stereocenters. The second-order valence-corrected chi connectivity index (χ2v) is 9.17. The molecule has 174 valence electrons. The first-order chi connectivity index (χ1) is 15.9. The zero-order valence-electron chi connectivity index (χ0n) is 19.1. The molecule has 1 saturated heterocycles. The normalized spacial score (nSPS) is 16.9. The molecule has 2 heterocycles. The quantitative estimate of drug-likeness (QED) is 0.665. The lowest BCUT2D eigenvalue weighted by Gasteiger charge is -2.34. The molecule has 33 heavy (non-hydrogen) atoms. The van der Waals surface area contributed by atoms with Crippen molar-refractivity contribution < 1.29 is 14.6 Å². The first-order valence-electron chi connectivity index (χ1n) is 11.2. The number of nitrogens with zero attached hydrogens (tertiary/aromatic N) is 3. The van der Waals surface area contributed by atoms with E-state index in [1.165, 1.54) is 0 Å². The van der Waals surface area contributed by atoms with Crippen molar-refractivity contribution in [3.63, 3.8) is 0 Å². The molecule has 0 aliphatic carbocycles. The topological polar surface area (TPSA) is 56.3 Å². The number of halogens is 1. The lowest BCUT2D eigenvalue weighted by molar-refractivity contribution is 0.0825. The Balaban J connectivity index is 1.34. The average molecular weight is 468 g/mol. The molecule has 1 fully saturated rings. The molecule has 7 heteroatoms. The summed E-state index contributed by atoms with van der Waals surface area (Å²) in [6.07, 6.45) is 7.59. The van der Waals surface area contributed by atoms with Gasteiger partial charge in [0.1, 0.15) is 17.8 Å². The number of piperidine rings is 1. The summed E-state index contributed by atoms with van der Waals surface area (Å²) in [4.78, 5) is 18.9. The van der Waals surface area contributed by atoms with Gasteiger partial charge in [-0.3, -0.25) is 4.79 Å². The average Bonchev–Trinajstić information content (AvgIpc) is 2.83. The number of phenols is 1. The van der Waals surface area contributed by atoms with Gasteiger partial charge in [-0.05, 0) is 61.7 Å². The Morgan fingerprint density at radius 1 is 1.15 bits per heavy atom. The summed E-state index contributed by atoms with van der Waals surface area (Å²) in [7, 11) is 3.55. The van der Waals surface area contributed by atoms with Crippen molar-refractivity contribution >= 4 is 23.3 Å². The van der Waals surface area contributed by atoms with Crippen LogP contribution in [0, 0.1) is 0 Å². The maximum absolute atomic E-state index is 12.7. The van der Waals surface area contributed by atoms with Crippen LogP contribution < -0.4 is 0 Å². The Bertz CT molecular complexity index is 1060. The van der Waals surface area contributed by atoms with Gasteiger partial charge in [-0.2, -0.15) is 0 Å². The molecule has 2 aromatic carbocycles. The Morgan fingerprint density at radius 3 is 2.67 bits per heavy atom. The highest BCUT2D eigenvalue weighted by atomic mass is 35.5. The van der Waals surface area contributed by atoms with E-state index in [1.54, 1.807) is 49.5 Å². The van der Waals surface area contributed by atoms with Gasteiger partial charge in [0.05, 0.1) is 0 Å². The van der Waals surface area contributed by atoms with E-state index in [1.807, 2.05) is 30.6 Å². The molecule has 4 rings (SSSR count). The van der Waals surface area contributed by atoms with Gasteiger partial charge in [-0.1, -0.05) is 29.8 Å². The predicted octanol–water partition coefficient (Wildman–Crippen LogP) is 4.73. The zero-order valence-corrected chi connectivity index (χ0v) is 19.8. The number of aromatic hydroxyl groups is 1. The number of ether oxygens (including phenoxy) is 1. The van der Waals surface area contributed by atoms with Crippen LogP contribution in [-0.2, 0) is 4.74 Å². The molecule has 2 aliphatic rings. The van der Waals surface area contributed by atoms with Gasteiger partial charge >= 0.3 is 0 Å². The fourth-order valence-corrected chi connectivity index (χ4v) is 4.55. The number of rotatable bonds is 6. The molecule has 0 radical (unpaired) electrons. The van der Waals surface area contributed by atoms with Crippen LogP contribution >= 0.6 is 11.6 Å². The van der Waals surface area contributed by atoms with Gasteiger partial charge < -0.3 is 24.5 Å². The Labute approximate surface area is 200 Å². The van der Waals surface area contributed by atoms with Crippen molar-refractivity contribution in [2.24, 2.45) is 0 Å². The monoisotopic (exact) mass is 467 g/mol. The van der Waals surface area contributed by atoms with E-state index in [0.29, 0.717) is 22.3 Å². The first kappa shape index (κ1) is 23.2. The van der Waals surface area contributed by atoms with Crippen molar-refractivity contribution in [3.8, 4) is 5.75 Å². The summed E-state index contributed by atoms with van der Waals surface area (Å²) in [5.41, 5.74) is 2.66. The van der Waals surface area contributed by atoms with Crippen molar-refractivity contribution in [3.05, 3.63) is 82.8 Å². The Hall–Kier alpha value is -2.96. The van der Waals surface area contributed by atoms with Crippen LogP contribution in [-0.4, -0.2) is 66.0 Å². The van der Waals surface area contributed by atoms with Crippen LogP contribution in [0.1, 0.15) is 40.2 Å². The molecule has 0 aromatic heterocycles. The number of hydrogen-bond acceptors (Lipinski definition) is 5. The highest BCUT2D eigenvalue weighted by molar-refractivity contribution is 6.31. The summed E-state index contributed by atoms with van der Waals surface area (Å²) in [6, 6.07) is 12.8. The van der Waals surface area contributed by atoms with Gasteiger partial charge in [-0.25, -0.2) is 0 Å². The molecule has 1 N–H and O–H groups in total. The number of phenolic OH excluding ortho intramolecular Hbond substituents is 1. The Kier molecular flexibility index (Phi) is 7.26. The minimum Gasteiger partial charge on any atom is -0.508 e. The third-order valence-electron chi connectivity index (χ3n) is 6.21. The predicted molar refractivity (Wildman–Crippen MR) is 131 cm³/mol. The van der Waals surface area contributed by atoms with Crippen molar-refractivity contribution in [2.75, 3.05) is 40.3 Å². The summed E-state index contributed by atoms with van der Waals surface area (Å²) in [5.74, 6) is 1.30. The molecule has 0 saturated carbocycles. The fraction of sp³-hybridized carbons (Fsp3) is 0.346. The molecule has 2 aliphatic heterocycles. The fourth-order valence-electron chi connectivity index (χ4n) is 4.38. The number of amides is 1. The van der Waals surface area contributed by atoms with Crippen molar-refractivity contribution in [2.45, 2.75) is 18.8 Å². The molecule has 1 amide bonds. The van der Waals surface area contributed by atoms with E-state index in [-0.39, 0.29) is 11.7 Å². The minimum atomic E-state index is 0.00311. The lowest BCUT2D eigenvalue weighted by Crippen LogP contribution is -2.37. The van der Waals surface area contributed by atoms with Crippen LogP contribution in [0.3, 0.4) is 0 Å². The van der Waals surface area contributed by atoms with E-state index in [9.17, 15) is 9.90 Å². The molecule has 0 bridgehead atoms. The van der Waals surface area contributed by atoms with Gasteiger partial charge in [-0.15, -0.1) is 0 Å². The maximum Gasteiger partial charge on any atom is 0.253 e. The van der Waals surface area contributed by atoms with E-state index < -0.39 is 0 Å². The van der Waals surface area contributed by atoms with E-state index in [2.05, 4.69) is 9.80 Å². The summed E-state index contributed by atoms with van der Waals surface area (Å²) < 4.78 is 5.63. The summed E-state index contributed by atoms with van der Waals surface area (Å²) in [5, 5.41) is 10.3. The maximum atomic E-state index is 12.7. The Morgan fingerprint density at radius 2 is 1.94 bits per heavy atom. The molecule has 6 nitrogen and oxygen atoms in total. The summed E-state index contributed by atoms with van der Waals surface area (Å²) in [6.45, 7) is 3.75. The molecule has 0 atom stereocenters. The van der Waals surface area contributed by atoms with Crippen molar-refractivity contribution in [1.82, 2.24) is 14.7 Å². The molecular formula is C26H30ClN3O3. The molecule has 0 spiro atoms. The highest BCUT2D eigenvalue weighted by Gasteiger charge is 2.25. The summed E-state index contributed by atoms with van der Waals surface area (Å²) >= 11 is 6.18. The number of hydrogen-bond donors (Lipinski definition) is 1. The van der Waals surface area contributed by atoms with Crippen LogP contribution in [0.25, 0.3) is 5.76 Å². The smallest absolute Gasteiger partial charge is 0.253 e. The van der Waals surface area contributed by atoms with E-state index in [4.69, 9.17) is 16.3 Å². The largest absolute Gasteiger partial charge is 0.508 e. The van der Waals surface area contributed by atoms with Gasteiger partial charge in [0.2, 0.25) is 0 Å². The van der Waals surface area contributed by atoms with Crippen molar-refractivity contribution in [1.29, 1.82) is 0 Å². The minimum absolute atomic E-state index is 0.00311. The molecule has 2 aromatic rings. The standard InChI is InChI=1S/C26H30ClN3O3/c1-28(2)26(32)24-17-21(27)6-7-23(24)19-8-10-29(11-9-19)12-13-30-14-15-33-25(18-30)20-4-3-5-22(31)16-20/h3-7,14-19,31H,8-13H2,1-2H3. The lowest BCUT2D eigenvalue weighted by atomic mass is 9.86. The number of likely N-dealkylation sites (tertiary alicyclic amines) is 1. The number of carbonyl (C=O) groups is 1. The highest BCUT2D eigenvalue weighted by Crippen LogP contribution is 2.32. The van der Waals surface area contributed by atoms with E-state index in [0.717, 1.165) is 50.1 Å². The zero-order chi connectivity index (χ0) is 23.4. The van der Waals surface area contributed by atoms with E-state index >= 15 is 0 Å². The third-order valence-corrected chi connectivity index (χ3v) is 6.45. The second-order valence-electron chi connectivity index (χ2n) is 8.73. The SMILES string of the molecule is CN(C)C(=O)c1cc(Cl)ccc1C1CCN(CCN2C=COC(c3cccc(O)c3)=C2)CC1. The first-order valence-corrected chi connectivity index (χ1v) is 11.6. The second kappa shape index (κ2) is 10.3. The van der Waals surface area contributed by atoms with Gasteiger partial charge in [0.15, 0.2) is 0 Å². The van der Waals surface area contributed by atoms with Gasteiger partial charge in [0.25, 0.3) is 5.91 Å². The number of carbonyl (C=O) groups excluding carboxylic acids is 1. The van der Waals surface area contributed by atoms with Crippen LogP contribution in [0.2, 0.25) is 5.02 Å². The van der Waals surface area contributed by atoms with Gasteiger partial charge in [0, 0.05) is 55.7 Å². The molecular weight excluding hydrogens is 438 g/mol. The third kappa shape index (κ3) is 5.70. The number of benzene rings is 2. The van der Waals surface area contributed by atoms with Crippen LogP contribution in [0.15, 0.2) is 61.1 Å².